The van der Waals surface area contributed by atoms with Gasteiger partial charge in [0.25, 0.3) is 0 Å². The molecule has 0 heterocycles. The molecule has 2 aromatic carbocycles. The van der Waals surface area contributed by atoms with Gasteiger partial charge in [0, 0.05) is 5.56 Å². The molecule has 0 radical (unpaired) electrons. The fourth-order valence-corrected chi connectivity index (χ4v) is 1.72. The first kappa shape index (κ1) is 11.3. The fourth-order valence-electron chi connectivity index (χ4n) is 1.72. The summed E-state index contributed by atoms with van der Waals surface area (Å²) in [6.45, 7) is 2.34. The number of ether oxygens (including phenoxy) is 1. The van der Waals surface area contributed by atoms with Crippen molar-refractivity contribution in [2.24, 2.45) is 0 Å². The van der Waals surface area contributed by atoms with E-state index in [2.05, 4.69) is 0 Å². The topological polar surface area (TPSA) is 49.7 Å². The van der Waals surface area contributed by atoms with Gasteiger partial charge in [0.05, 0.1) is 6.61 Å². The van der Waals surface area contributed by atoms with Gasteiger partial charge in [-0.15, -0.1) is 0 Å². The highest BCUT2D eigenvalue weighted by atomic mass is 16.5. The molecule has 0 atom stereocenters. The number of phenolic OH excluding ortho intramolecular Hbond substituents is 2. The van der Waals surface area contributed by atoms with E-state index in [0.717, 1.165) is 11.1 Å². The van der Waals surface area contributed by atoms with Gasteiger partial charge in [0.2, 0.25) is 0 Å². The van der Waals surface area contributed by atoms with E-state index in [0.29, 0.717) is 12.4 Å². The minimum absolute atomic E-state index is 0.104. The van der Waals surface area contributed by atoms with Crippen LogP contribution in [0.3, 0.4) is 0 Å². The normalized spacial score (nSPS) is 10.2. The molecule has 0 aliphatic heterocycles. The van der Waals surface area contributed by atoms with Gasteiger partial charge in [-0.2, -0.15) is 0 Å². The molecule has 2 rings (SSSR count). The van der Waals surface area contributed by atoms with Gasteiger partial charge < -0.3 is 14.9 Å². The molecular formula is C14H14O3. The number of benzene rings is 2. The van der Waals surface area contributed by atoms with Crippen molar-refractivity contribution in [3.63, 3.8) is 0 Å². The van der Waals surface area contributed by atoms with Crippen LogP contribution >= 0.6 is 0 Å². The summed E-state index contributed by atoms with van der Waals surface area (Å²) in [4.78, 5) is 0. The number of phenols is 2. The van der Waals surface area contributed by atoms with E-state index < -0.39 is 0 Å². The van der Waals surface area contributed by atoms with Gasteiger partial charge in [-0.25, -0.2) is 0 Å². The summed E-state index contributed by atoms with van der Waals surface area (Å²) in [7, 11) is 0. The summed E-state index contributed by atoms with van der Waals surface area (Å²) in [5.41, 5.74) is 1.58. The van der Waals surface area contributed by atoms with Crippen LogP contribution in [-0.4, -0.2) is 16.8 Å². The standard InChI is InChI=1S/C14H14O3/c1-2-17-14-12(7-4-8-13(14)16)10-5-3-6-11(15)9-10/h3-9,15-16H,2H2,1H3. The van der Waals surface area contributed by atoms with E-state index in [1.807, 2.05) is 19.1 Å². The minimum atomic E-state index is 0.104. The number of hydrogen-bond donors (Lipinski definition) is 2. The van der Waals surface area contributed by atoms with Crippen LogP contribution in [0.1, 0.15) is 6.92 Å². The Morgan fingerprint density at radius 1 is 1.06 bits per heavy atom. The van der Waals surface area contributed by atoms with Crippen LogP contribution in [0, 0.1) is 0 Å². The summed E-state index contributed by atoms with van der Waals surface area (Å²) >= 11 is 0. The van der Waals surface area contributed by atoms with Gasteiger partial charge in [-0.3, -0.25) is 0 Å². The Morgan fingerprint density at radius 2 is 1.82 bits per heavy atom. The molecule has 0 aliphatic carbocycles. The number of para-hydroxylation sites is 1. The summed E-state index contributed by atoms with van der Waals surface area (Å²) in [5, 5.41) is 19.2. The highest BCUT2D eigenvalue weighted by Gasteiger charge is 2.10. The molecule has 0 bridgehead atoms. The quantitative estimate of drug-likeness (QED) is 0.851. The molecule has 3 nitrogen and oxygen atoms in total. The molecule has 2 N–H and O–H groups in total. The maximum atomic E-state index is 9.77. The second-order valence-corrected chi connectivity index (χ2v) is 3.64. The molecule has 0 aliphatic rings. The number of rotatable bonds is 3. The van der Waals surface area contributed by atoms with Gasteiger partial charge in [-0.1, -0.05) is 24.3 Å². The van der Waals surface area contributed by atoms with Crippen molar-refractivity contribution in [1.82, 2.24) is 0 Å². The zero-order valence-corrected chi connectivity index (χ0v) is 9.55. The van der Waals surface area contributed by atoms with Crippen molar-refractivity contribution < 1.29 is 14.9 Å². The van der Waals surface area contributed by atoms with Gasteiger partial charge in [-0.05, 0) is 30.7 Å². The maximum absolute atomic E-state index is 9.77. The van der Waals surface area contributed by atoms with Crippen molar-refractivity contribution >= 4 is 0 Å². The molecule has 0 spiro atoms. The molecule has 0 aromatic heterocycles. The average molecular weight is 230 g/mol. The first-order chi connectivity index (χ1) is 8.22. The van der Waals surface area contributed by atoms with E-state index in [1.54, 1.807) is 30.3 Å². The summed E-state index contributed by atoms with van der Waals surface area (Å²) in [6.07, 6.45) is 0. The fraction of sp³-hybridized carbons (Fsp3) is 0.143. The molecule has 0 amide bonds. The second kappa shape index (κ2) is 4.78. The smallest absolute Gasteiger partial charge is 0.168 e. The maximum Gasteiger partial charge on any atom is 0.168 e. The van der Waals surface area contributed by atoms with E-state index in [9.17, 15) is 10.2 Å². The van der Waals surface area contributed by atoms with Crippen LogP contribution in [0.2, 0.25) is 0 Å². The molecule has 0 saturated heterocycles. The lowest BCUT2D eigenvalue weighted by atomic mass is 10.0. The molecule has 0 fully saturated rings. The van der Waals surface area contributed by atoms with Crippen molar-refractivity contribution in [2.75, 3.05) is 6.61 Å². The molecule has 17 heavy (non-hydrogen) atoms. The first-order valence-electron chi connectivity index (χ1n) is 5.46. The lowest BCUT2D eigenvalue weighted by Crippen LogP contribution is -1.94. The predicted octanol–water partition coefficient (Wildman–Crippen LogP) is 3.16. The first-order valence-corrected chi connectivity index (χ1v) is 5.46. The third-order valence-electron chi connectivity index (χ3n) is 2.44. The Balaban J connectivity index is 2.54. The van der Waals surface area contributed by atoms with E-state index in [4.69, 9.17) is 4.74 Å². The second-order valence-electron chi connectivity index (χ2n) is 3.64. The number of hydrogen-bond acceptors (Lipinski definition) is 3. The monoisotopic (exact) mass is 230 g/mol. The summed E-state index contributed by atoms with van der Waals surface area (Å²) in [6, 6.07) is 12.0. The van der Waals surface area contributed by atoms with E-state index in [-0.39, 0.29) is 11.5 Å². The molecular weight excluding hydrogens is 216 g/mol. The average Bonchev–Trinajstić information content (AvgIpc) is 2.32. The lowest BCUT2D eigenvalue weighted by molar-refractivity contribution is 0.319. The third-order valence-corrected chi connectivity index (χ3v) is 2.44. The largest absolute Gasteiger partial charge is 0.508 e. The van der Waals surface area contributed by atoms with Crippen LogP contribution in [-0.2, 0) is 0 Å². The number of aromatic hydroxyl groups is 2. The molecule has 0 saturated carbocycles. The highest BCUT2D eigenvalue weighted by Crippen LogP contribution is 2.38. The van der Waals surface area contributed by atoms with Crippen LogP contribution in [0.5, 0.6) is 17.2 Å². The van der Waals surface area contributed by atoms with Crippen molar-refractivity contribution in [1.29, 1.82) is 0 Å². The Bertz CT molecular complexity index is 521. The van der Waals surface area contributed by atoms with Gasteiger partial charge in [0.15, 0.2) is 11.5 Å². The van der Waals surface area contributed by atoms with Crippen molar-refractivity contribution in [2.45, 2.75) is 6.92 Å². The van der Waals surface area contributed by atoms with Crippen LogP contribution in [0.15, 0.2) is 42.5 Å². The summed E-state index contributed by atoms with van der Waals surface area (Å²) in [5.74, 6) is 0.738. The SMILES string of the molecule is CCOc1c(O)cccc1-c1cccc(O)c1. The Kier molecular flexibility index (Phi) is 3.19. The zero-order chi connectivity index (χ0) is 12.3. The Hall–Kier alpha value is -2.16. The Labute approximate surface area is 99.9 Å². The lowest BCUT2D eigenvalue weighted by Gasteiger charge is -2.12. The van der Waals surface area contributed by atoms with Crippen LogP contribution in [0.25, 0.3) is 11.1 Å². The predicted molar refractivity (Wildman–Crippen MR) is 66.4 cm³/mol. The van der Waals surface area contributed by atoms with Gasteiger partial charge >= 0.3 is 0 Å². The van der Waals surface area contributed by atoms with Gasteiger partial charge in [0.1, 0.15) is 5.75 Å². The molecule has 88 valence electrons. The molecule has 3 heteroatoms. The summed E-state index contributed by atoms with van der Waals surface area (Å²) < 4.78 is 5.43. The minimum Gasteiger partial charge on any atom is -0.508 e. The molecule has 0 unspecified atom stereocenters. The van der Waals surface area contributed by atoms with E-state index >= 15 is 0 Å². The van der Waals surface area contributed by atoms with Crippen molar-refractivity contribution in [3.05, 3.63) is 42.5 Å². The zero-order valence-electron chi connectivity index (χ0n) is 9.55. The van der Waals surface area contributed by atoms with Crippen LogP contribution in [0.4, 0.5) is 0 Å². The molecule has 2 aromatic rings. The third kappa shape index (κ3) is 2.33. The van der Waals surface area contributed by atoms with Crippen molar-refractivity contribution in [3.8, 4) is 28.4 Å². The van der Waals surface area contributed by atoms with Crippen LogP contribution < -0.4 is 4.74 Å². The Morgan fingerprint density at radius 3 is 2.53 bits per heavy atom. The van der Waals surface area contributed by atoms with E-state index in [1.165, 1.54) is 0 Å². The highest BCUT2D eigenvalue weighted by molar-refractivity contribution is 5.74.